The molecule has 0 radical (unpaired) electrons. The van der Waals surface area contributed by atoms with E-state index in [1.165, 1.54) is 0 Å². The van der Waals surface area contributed by atoms with Crippen LogP contribution in [0.15, 0.2) is 54.0 Å². The van der Waals surface area contributed by atoms with Gasteiger partial charge in [0.25, 0.3) is 0 Å². The van der Waals surface area contributed by atoms with Crippen LogP contribution >= 0.6 is 24.0 Å². The van der Waals surface area contributed by atoms with E-state index in [-0.39, 0.29) is 24.0 Å². The number of imidazole rings is 1. The maximum absolute atomic E-state index is 4.59. The lowest BCUT2D eigenvalue weighted by Gasteiger charge is -2.11. The minimum absolute atomic E-state index is 0. The van der Waals surface area contributed by atoms with Crippen LogP contribution in [0.2, 0.25) is 0 Å². The number of nitrogens with zero attached hydrogens (tertiary/aromatic N) is 5. The molecule has 0 fully saturated rings. The number of pyridine rings is 1. The van der Waals surface area contributed by atoms with Crippen molar-refractivity contribution in [1.82, 2.24) is 29.8 Å². The van der Waals surface area contributed by atoms with E-state index in [0.29, 0.717) is 0 Å². The topological polar surface area (TPSA) is 71.5 Å². The van der Waals surface area contributed by atoms with Gasteiger partial charge in [-0.1, -0.05) is 6.07 Å². The lowest BCUT2D eigenvalue weighted by molar-refractivity contribution is 0.570. The van der Waals surface area contributed by atoms with Gasteiger partial charge in [0.2, 0.25) is 0 Å². The van der Waals surface area contributed by atoms with Crippen LogP contribution in [0.4, 0.5) is 0 Å². The molecule has 0 aliphatic heterocycles. The molecule has 2 N–H and O–H groups in total. The number of hydrogen-bond acceptors (Lipinski definition) is 3. The molecule has 0 aromatic carbocycles. The Morgan fingerprint density at radius 1 is 1.16 bits per heavy atom. The molecule has 3 rings (SSSR count). The van der Waals surface area contributed by atoms with Crippen molar-refractivity contribution < 1.29 is 0 Å². The van der Waals surface area contributed by atoms with E-state index in [0.717, 1.165) is 49.8 Å². The van der Waals surface area contributed by atoms with Crippen LogP contribution in [0, 0.1) is 0 Å². The monoisotopic (exact) mass is 453 g/mol. The maximum Gasteiger partial charge on any atom is 0.190 e. The van der Waals surface area contributed by atoms with E-state index in [4.69, 9.17) is 0 Å². The Hall–Kier alpha value is -2.10. The minimum atomic E-state index is 0. The average Bonchev–Trinajstić information content (AvgIpc) is 3.25. The van der Waals surface area contributed by atoms with E-state index >= 15 is 0 Å². The van der Waals surface area contributed by atoms with Crippen LogP contribution < -0.4 is 10.6 Å². The molecule has 0 aliphatic rings. The van der Waals surface area contributed by atoms with E-state index in [2.05, 4.69) is 31.9 Å². The molecule has 134 valence electrons. The van der Waals surface area contributed by atoms with Gasteiger partial charge in [0.15, 0.2) is 5.96 Å². The molecule has 0 saturated carbocycles. The number of hydrogen-bond donors (Lipinski definition) is 2. The molecular weight excluding hydrogens is 429 g/mol. The summed E-state index contributed by atoms with van der Waals surface area (Å²) in [5, 5.41) is 10.8. The van der Waals surface area contributed by atoms with Crippen molar-refractivity contribution >= 4 is 35.6 Å². The Morgan fingerprint density at radius 2 is 2.04 bits per heavy atom. The molecular formula is C17H24IN7. The lowest BCUT2D eigenvalue weighted by Crippen LogP contribution is -2.39. The van der Waals surface area contributed by atoms with E-state index in [9.17, 15) is 0 Å². The molecule has 3 aromatic rings. The second-order valence-corrected chi connectivity index (χ2v) is 5.50. The molecule has 0 aliphatic carbocycles. The van der Waals surface area contributed by atoms with Gasteiger partial charge in [-0.2, -0.15) is 5.10 Å². The van der Waals surface area contributed by atoms with Gasteiger partial charge in [-0.05, 0) is 24.6 Å². The second kappa shape index (κ2) is 10.0. The SMILES string of the molecule is CN=C(NCCCn1cccn1)NCCc1cn2ccccc2n1.I. The van der Waals surface area contributed by atoms with Gasteiger partial charge in [-0.15, -0.1) is 24.0 Å². The summed E-state index contributed by atoms with van der Waals surface area (Å²) >= 11 is 0. The molecule has 3 aromatic heterocycles. The molecule has 0 amide bonds. The molecule has 0 atom stereocenters. The highest BCUT2D eigenvalue weighted by Crippen LogP contribution is 2.04. The highest BCUT2D eigenvalue weighted by atomic mass is 127. The number of nitrogens with one attached hydrogen (secondary N) is 2. The number of rotatable bonds is 7. The van der Waals surface area contributed by atoms with Crippen molar-refractivity contribution in [2.75, 3.05) is 20.1 Å². The summed E-state index contributed by atoms with van der Waals surface area (Å²) in [6, 6.07) is 7.95. The first kappa shape index (κ1) is 19.2. The van der Waals surface area contributed by atoms with Crippen LogP contribution in [0.3, 0.4) is 0 Å². The standard InChI is InChI=1S/C17H23N7.HI/c1-18-17(19-8-4-12-24-13-5-9-21-24)20-10-7-15-14-23-11-3-2-6-16(23)22-15;/h2-3,5-6,9,11,13-14H,4,7-8,10,12H2,1H3,(H2,18,19,20);1H. The molecule has 0 spiro atoms. The summed E-state index contributed by atoms with van der Waals surface area (Å²) in [5.41, 5.74) is 2.05. The van der Waals surface area contributed by atoms with Crippen LogP contribution in [-0.2, 0) is 13.0 Å². The zero-order valence-corrected chi connectivity index (χ0v) is 16.6. The average molecular weight is 453 g/mol. The van der Waals surface area contributed by atoms with Crippen LogP contribution in [0.1, 0.15) is 12.1 Å². The van der Waals surface area contributed by atoms with Crippen molar-refractivity contribution in [3.8, 4) is 0 Å². The highest BCUT2D eigenvalue weighted by Gasteiger charge is 2.02. The largest absolute Gasteiger partial charge is 0.356 e. The fourth-order valence-electron chi connectivity index (χ4n) is 2.52. The molecule has 3 heterocycles. The number of guanidine groups is 1. The van der Waals surface area contributed by atoms with E-state index in [1.54, 1.807) is 13.2 Å². The molecule has 0 bridgehead atoms. The normalized spacial score (nSPS) is 11.3. The minimum Gasteiger partial charge on any atom is -0.356 e. The number of aromatic nitrogens is 4. The van der Waals surface area contributed by atoms with Crippen LogP contribution in [0.5, 0.6) is 0 Å². The third-order valence-corrected chi connectivity index (χ3v) is 3.73. The number of aliphatic imine (C=N–C) groups is 1. The van der Waals surface area contributed by atoms with E-state index in [1.807, 2.05) is 45.7 Å². The molecule has 7 nitrogen and oxygen atoms in total. The van der Waals surface area contributed by atoms with Crippen molar-refractivity contribution in [3.05, 3.63) is 54.7 Å². The van der Waals surface area contributed by atoms with Gasteiger partial charge in [-0.25, -0.2) is 4.98 Å². The summed E-state index contributed by atoms with van der Waals surface area (Å²) in [6.45, 7) is 2.55. The van der Waals surface area contributed by atoms with Gasteiger partial charge >= 0.3 is 0 Å². The Morgan fingerprint density at radius 3 is 2.80 bits per heavy atom. The van der Waals surface area contributed by atoms with Gasteiger partial charge < -0.3 is 15.0 Å². The number of aryl methyl sites for hydroxylation is 1. The second-order valence-electron chi connectivity index (χ2n) is 5.50. The number of halogens is 1. The Balaban J connectivity index is 0.00000225. The van der Waals surface area contributed by atoms with Crippen LogP contribution in [0.25, 0.3) is 5.65 Å². The first-order valence-corrected chi connectivity index (χ1v) is 8.20. The van der Waals surface area contributed by atoms with Gasteiger partial charge in [-0.3, -0.25) is 9.67 Å². The fourth-order valence-corrected chi connectivity index (χ4v) is 2.52. The third-order valence-electron chi connectivity index (χ3n) is 3.73. The predicted octanol–water partition coefficient (Wildman–Crippen LogP) is 1.95. The van der Waals surface area contributed by atoms with Gasteiger partial charge in [0.05, 0.1) is 5.69 Å². The first-order chi connectivity index (χ1) is 11.8. The van der Waals surface area contributed by atoms with Gasteiger partial charge in [0, 0.05) is 57.9 Å². The Bertz CT molecular complexity index is 746. The van der Waals surface area contributed by atoms with E-state index < -0.39 is 0 Å². The smallest absolute Gasteiger partial charge is 0.190 e. The fraction of sp³-hybridized carbons (Fsp3) is 0.353. The maximum atomic E-state index is 4.59. The first-order valence-electron chi connectivity index (χ1n) is 8.20. The Labute approximate surface area is 164 Å². The van der Waals surface area contributed by atoms with Crippen LogP contribution in [-0.4, -0.2) is 45.3 Å². The summed E-state index contributed by atoms with van der Waals surface area (Å²) < 4.78 is 3.97. The highest BCUT2D eigenvalue weighted by molar-refractivity contribution is 14.0. The zero-order valence-electron chi connectivity index (χ0n) is 14.3. The molecule has 8 heteroatoms. The number of fused-ring (bicyclic) bond motifs is 1. The van der Waals surface area contributed by atoms with Crippen molar-refractivity contribution in [1.29, 1.82) is 0 Å². The van der Waals surface area contributed by atoms with Crippen molar-refractivity contribution in [2.24, 2.45) is 4.99 Å². The molecule has 0 saturated heterocycles. The summed E-state index contributed by atoms with van der Waals surface area (Å²) in [4.78, 5) is 8.84. The molecule has 0 unspecified atom stereocenters. The molecule has 25 heavy (non-hydrogen) atoms. The van der Waals surface area contributed by atoms with Crippen molar-refractivity contribution in [3.63, 3.8) is 0 Å². The summed E-state index contributed by atoms with van der Waals surface area (Å²) in [5.74, 6) is 0.819. The quantitative estimate of drug-likeness (QED) is 0.248. The van der Waals surface area contributed by atoms with Gasteiger partial charge in [0.1, 0.15) is 5.65 Å². The summed E-state index contributed by atoms with van der Waals surface area (Å²) in [7, 11) is 1.79. The lowest BCUT2D eigenvalue weighted by atomic mass is 10.3. The predicted molar refractivity (Wildman–Crippen MR) is 111 cm³/mol. The zero-order chi connectivity index (χ0) is 16.6. The summed E-state index contributed by atoms with van der Waals surface area (Å²) in [6.07, 6.45) is 9.70. The third kappa shape index (κ3) is 5.73. The Kier molecular flexibility index (Phi) is 7.71. The van der Waals surface area contributed by atoms with Crippen molar-refractivity contribution in [2.45, 2.75) is 19.4 Å².